The summed E-state index contributed by atoms with van der Waals surface area (Å²) in [4.78, 5) is 28.8. The number of fused-ring (bicyclic) bond motifs is 1. The fourth-order valence-electron chi connectivity index (χ4n) is 5.06. The minimum absolute atomic E-state index is 0.133. The summed E-state index contributed by atoms with van der Waals surface area (Å²) in [5.41, 5.74) is 1.47. The van der Waals surface area contributed by atoms with E-state index in [0.29, 0.717) is 68.5 Å². The summed E-state index contributed by atoms with van der Waals surface area (Å²) in [5, 5.41) is 21.5. The second-order valence-electron chi connectivity index (χ2n) is 10.1. The summed E-state index contributed by atoms with van der Waals surface area (Å²) in [7, 11) is 0. The fraction of sp³-hybridized carbons (Fsp3) is 0.212. The number of aromatic nitrogens is 2. The average Bonchev–Trinajstić information content (AvgIpc) is 3.64. The third kappa shape index (κ3) is 6.77. The van der Waals surface area contributed by atoms with E-state index in [9.17, 15) is 14.7 Å². The summed E-state index contributed by atoms with van der Waals surface area (Å²) in [6.07, 6.45) is 1.61. The lowest BCUT2D eigenvalue weighted by molar-refractivity contribution is -0.132. The number of carbonyl (C=O) groups is 2. The molecule has 0 spiro atoms. The molecule has 47 heavy (non-hydrogen) atoms. The van der Waals surface area contributed by atoms with Gasteiger partial charge in [-0.3, -0.25) is 14.5 Å². The second kappa shape index (κ2) is 14.3. The van der Waals surface area contributed by atoms with E-state index >= 15 is 0 Å². The van der Waals surface area contributed by atoms with Gasteiger partial charge in [-0.1, -0.05) is 71.1 Å². The molecule has 1 N–H and O–H groups in total. The Hall–Kier alpha value is -4.23. The van der Waals surface area contributed by atoms with Crippen molar-refractivity contribution in [2.75, 3.05) is 31.3 Å². The second-order valence-corrected chi connectivity index (χ2v) is 13.2. The molecule has 0 radical (unpaired) electrons. The van der Waals surface area contributed by atoms with E-state index in [1.165, 1.54) is 16.7 Å². The van der Waals surface area contributed by atoms with Gasteiger partial charge in [0.1, 0.15) is 25.6 Å². The molecule has 4 aromatic rings. The van der Waals surface area contributed by atoms with E-state index in [2.05, 4.69) is 16.8 Å². The smallest absolute Gasteiger partial charge is 0.301 e. The van der Waals surface area contributed by atoms with Gasteiger partial charge in [0.15, 0.2) is 27.3 Å². The van der Waals surface area contributed by atoms with Crippen LogP contribution in [-0.4, -0.2) is 53.4 Å². The molecule has 2 aliphatic rings. The molecule has 1 fully saturated rings. The van der Waals surface area contributed by atoms with Gasteiger partial charge in [-0.25, -0.2) is 0 Å². The Bertz CT molecular complexity index is 1900. The Morgan fingerprint density at radius 2 is 1.87 bits per heavy atom. The number of ketones is 1. The molecule has 242 valence electrons. The maximum Gasteiger partial charge on any atom is 0.301 e. The van der Waals surface area contributed by atoms with E-state index in [1.807, 2.05) is 13.0 Å². The highest BCUT2D eigenvalue weighted by Crippen LogP contribution is 2.46. The van der Waals surface area contributed by atoms with E-state index in [4.69, 9.17) is 42.1 Å². The van der Waals surface area contributed by atoms with Gasteiger partial charge in [-0.2, -0.15) is 0 Å². The Morgan fingerprint density at radius 3 is 2.64 bits per heavy atom. The van der Waals surface area contributed by atoms with Crippen LogP contribution < -0.4 is 23.8 Å². The first-order valence-electron chi connectivity index (χ1n) is 14.4. The number of benzene rings is 3. The average molecular weight is 713 g/mol. The molecule has 3 heterocycles. The number of nitrogens with zero attached hydrogens (tertiary/aromatic N) is 3. The highest BCUT2D eigenvalue weighted by molar-refractivity contribution is 8.00. The predicted octanol–water partition coefficient (Wildman–Crippen LogP) is 7.50. The number of rotatable bonds is 11. The molecule has 6 rings (SSSR count). The number of aliphatic hydroxyl groups is 1. The molecule has 1 unspecified atom stereocenters. The lowest BCUT2D eigenvalue weighted by Gasteiger charge is -2.24. The molecule has 14 heteroatoms. The van der Waals surface area contributed by atoms with E-state index in [1.54, 1.807) is 54.6 Å². The zero-order valence-electron chi connectivity index (χ0n) is 24.9. The summed E-state index contributed by atoms with van der Waals surface area (Å²) in [6, 6.07) is 14.1. The monoisotopic (exact) mass is 711 g/mol. The number of ether oxygens (including phenoxy) is 4. The Labute approximate surface area is 288 Å². The van der Waals surface area contributed by atoms with Crippen molar-refractivity contribution in [2.24, 2.45) is 0 Å². The number of carbonyl (C=O) groups excluding carboxylic acids is 2. The van der Waals surface area contributed by atoms with Gasteiger partial charge in [0, 0.05) is 21.4 Å². The van der Waals surface area contributed by atoms with Crippen molar-refractivity contribution in [3.8, 4) is 23.0 Å². The Kier molecular flexibility index (Phi) is 9.92. The van der Waals surface area contributed by atoms with Crippen LogP contribution in [-0.2, 0) is 15.3 Å². The number of aliphatic hydroxyl groups excluding tert-OH is 1. The van der Waals surface area contributed by atoms with Gasteiger partial charge < -0.3 is 24.1 Å². The first kappa shape index (κ1) is 32.7. The van der Waals surface area contributed by atoms with Crippen LogP contribution in [0.4, 0.5) is 5.13 Å². The molecule has 1 amide bonds. The zero-order chi connectivity index (χ0) is 33.1. The van der Waals surface area contributed by atoms with Crippen molar-refractivity contribution in [3.63, 3.8) is 0 Å². The van der Waals surface area contributed by atoms with Crippen molar-refractivity contribution < 1.29 is 33.6 Å². The summed E-state index contributed by atoms with van der Waals surface area (Å²) < 4.78 is 23.5. The van der Waals surface area contributed by atoms with Gasteiger partial charge in [0.05, 0.1) is 18.2 Å². The fourth-order valence-corrected chi connectivity index (χ4v) is 7.48. The van der Waals surface area contributed by atoms with Crippen molar-refractivity contribution in [3.05, 3.63) is 99.6 Å². The van der Waals surface area contributed by atoms with Gasteiger partial charge >= 0.3 is 5.91 Å². The molecular formula is C33H27Cl2N3O7S2. The Balaban J connectivity index is 1.42. The third-order valence-corrected chi connectivity index (χ3v) is 9.86. The van der Waals surface area contributed by atoms with Gasteiger partial charge in [0.2, 0.25) is 5.13 Å². The number of thioether (sulfide) groups is 1. The van der Waals surface area contributed by atoms with E-state index in [-0.39, 0.29) is 28.6 Å². The zero-order valence-corrected chi connectivity index (χ0v) is 28.0. The minimum Gasteiger partial charge on any atom is -0.507 e. The molecule has 0 saturated carbocycles. The van der Waals surface area contributed by atoms with Gasteiger partial charge in [-0.15, -0.1) is 10.2 Å². The number of Topliss-reactive ketones (excluding diaryl/α,β-unsaturated/α-hetero) is 1. The number of anilines is 1. The molecule has 1 saturated heterocycles. The highest BCUT2D eigenvalue weighted by Gasteiger charge is 2.48. The largest absolute Gasteiger partial charge is 0.507 e. The van der Waals surface area contributed by atoms with Crippen molar-refractivity contribution in [2.45, 2.75) is 23.1 Å². The number of amides is 1. The first-order chi connectivity index (χ1) is 22.8. The molecular weight excluding hydrogens is 685 g/mol. The van der Waals surface area contributed by atoms with Crippen LogP contribution in [0.2, 0.25) is 10.0 Å². The maximum atomic E-state index is 13.8. The highest BCUT2D eigenvalue weighted by atomic mass is 35.5. The topological polar surface area (TPSA) is 120 Å². The van der Waals surface area contributed by atoms with Crippen LogP contribution in [0, 0.1) is 0 Å². The van der Waals surface area contributed by atoms with Crippen molar-refractivity contribution in [1.29, 1.82) is 0 Å². The molecule has 0 bridgehead atoms. The number of hydrogen-bond donors (Lipinski definition) is 1. The number of hydrogen-bond acceptors (Lipinski definition) is 11. The van der Waals surface area contributed by atoms with Gasteiger partial charge in [-0.05, 0) is 60.5 Å². The van der Waals surface area contributed by atoms with Crippen LogP contribution in [0.1, 0.15) is 29.7 Å². The van der Waals surface area contributed by atoms with Gasteiger partial charge in [0.25, 0.3) is 5.78 Å². The van der Waals surface area contributed by atoms with Crippen LogP contribution in [0.5, 0.6) is 23.0 Å². The third-order valence-electron chi connectivity index (χ3n) is 7.17. The molecule has 1 aromatic heterocycles. The SMILES string of the molecule is C=CCOc1ccc(C2/C(=C(\O)c3ccc4c(c3)OCCO4)C(=O)C(=O)N2c2nnc(SCc3ccc(Cl)cc3Cl)s2)cc1OCC. The molecule has 10 nitrogen and oxygen atoms in total. The first-order valence-corrected chi connectivity index (χ1v) is 17.0. The summed E-state index contributed by atoms with van der Waals surface area (Å²) in [6.45, 7) is 6.83. The predicted molar refractivity (Wildman–Crippen MR) is 181 cm³/mol. The molecule has 2 aliphatic heterocycles. The molecule has 3 aromatic carbocycles. The lowest BCUT2D eigenvalue weighted by Crippen LogP contribution is -2.29. The van der Waals surface area contributed by atoms with E-state index < -0.39 is 17.7 Å². The lowest BCUT2D eigenvalue weighted by atomic mass is 9.95. The summed E-state index contributed by atoms with van der Waals surface area (Å²) >= 11 is 14.9. The normalized spacial score (nSPS) is 16.7. The molecule has 1 atom stereocenters. The van der Waals surface area contributed by atoms with Crippen LogP contribution in [0.25, 0.3) is 5.76 Å². The molecule has 0 aliphatic carbocycles. The standard InChI is InChI=1S/C33H27Cl2N3O7S2/c1-3-11-43-23-9-6-18(14-25(23)42-4-2)28-27(29(39)19-7-10-24-26(15-19)45-13-12-44-24)30(40)31(41)38(28)32-36-37-33(47-32)46-17-20-5-8-21(34)16-22(20)35/h3,5-10,14-16,28,39H,1,4,11-13,17H2,2H3/b29-27+. The van der Waals surface area contributed by atoms with E-state index in [0.717, 1.165) is 16.9 Å². The number of halogens is 2. The van der Waals surface area contributed by atoms with Crippen molar-refractivity contribution in [1.82, 2.24) is 10.2 Å². The van der Waals surface area contributed by atoms with Crippen molar-refractivity contribution >= 4 is 68.9 Å². The maximum absolute atomic E-state index is 13.8. The summed E-state index contributed by atoms with van der Waals surface area (Å²) in [5.74, 6) is 0.118. The quantitative estimate of drug-likeness (QED) is 0.0418. The van der Waals surface area contributed by atoms with Crippen LogP contribution in [0.15, 0.2) is 77.2 Å². The van der Waals surface area contributed by atoms with Crippen LogP contribution >= 0.6 is 46.3 Å². The van der Waals surface area contributed by atoms with Crippen LogP contribution in [0.3, 0.4) is 0 Å². The minimum atomic E-state index is -1.08. The Morgan fingerprint density at radius 1 is 1.06 bits per heavy atom.